The second kappa shape index (κ2) is 10.1. The van der Waals surface area contributed by atoms with Crippen molar-refractivity contribution >= 4 is 34.5 Å². The van der Waals surface area contributed by atoms with E-state index in [1.54, 1.807) is 65.6 Å². The summed E-state index contributed by atoms with van der Waals surface area (Å²) < 4.78 is 19.3. The molecule has 0 unspecified atom stereocenters. The lowest BCUT2D eigenvalue weighted by molar-refractivity contribution is 0.0747. The fraction of sp³-hybridized carbons (Fsp3) is 0.179. The fourth-order valence-corrected chi connectivity index (χ4v) is 4.37. The number of aliphatic hydroxyl groups is 1. The van der Waals surface area contributed by atoms with Crippen molar-refractivity contribution in [1.82, 2.24) is 14.9 Å². The van der Waals surface area contributed by atoms with E-state index in [1.165, 1.54) is 19.3 Å². The maximum absolute atomic E-state index is 14.1. The molecule has 3 aromatic carbocycles. The molecule has 1 aliphatic rings. The molecule has 0 bridgehead atoms. The van der Waals surface area contributed by atoms with Crippen LogP contribution in [0.1, 0.15) is 21.6 Å². The van der Waals surface area contributed by atoms with Crippen LogP contribution in [0.2, 0.25) is 0 Å². The number of ether oxygens (including phenoxy) is 1. The summed E-state index contributed by atoms with van der Waals surface area (Å²) in [5.74, 6) is -0.00361. The van der Waals surface area contributed by atoms with Crippen LogP contribution in [0.5, 0.6) is 5.75 Å². The number of hydrogen-bond donors (Lipinski definition) is 2. The first-order chi connectivity index (χ1) is 17.9. The Labute approximate surface area is 212 Å². The lowest BCUT2D eigenvalue weighted by atomic mass is 10.1. The number of fused-ring (bicyclic) bond motifs is 1. The van der Waals surface area contributed by atoms with Crippen LogP contribution < -0.4 is 15.2 Å². The molecule has 9 heteroatoms. The highest BCUT2D eigenvalue weighted by Gasteiger charge is 2.24. The number of aliphatic hydroxyl groups excluding tert-OH is 1. The zero-order valence-electron chi connectivity index (χ0n) is 20.1. The number of nitrogens with zero attached hydrogens (tertiary/aromatic N) is 3. The minimum Gasteiger partial charge on any atom is -0.507 e. The number of hydrogen-bond acceptors (Lipinski definition) is 6. The number of benzene rings is 3. The number of carbonyl (C=O) groups is 1. The van der Waals surface area contributed by atoms with Crippen LogP contribution in [0, 0.1) is 5.82 Å². The molecule has 0 aliphatic carbocycles. The molecule has 1 saturated heterocycles. The van der Waals surface area contributed by atoms with Crippen LogP contribution in [0.15, 0.2) is 71.5 Å². The number of anilines is 1. The molecule has 2 N–H and O–H groups in total. The summed E-state index contributed by atoms with van der Waals surface area (Å²) in [6.07, 6.45) is 1.29. The monoisotopic (exact) mass is 500 g/mol. The van der Waals surface area contributed by atoms with Gasteiger partial charge in [-0.1, -0.05) is 24.3 Å². The second-order valence-corrected chi connectivity index (χ2v) is 8.68. The van der Waals surface area contributed by atoms with E-state index in [0.717, 1.165) is 0 Å². The molecule has 188 valence electrons. The van der Waals surface area contributed by atoms with E-state index in [-0.39, 0.29) is 23.2 Å². The van der Waals surface area contributed by atoms with Crippen molar-refractivity contribution in [3.05, 3.63) is 99.7 Å². The molecule has 37 heavy (non-hydrogen) atoms. The summed E-state index contributed by atoms with van der Waals surface area (Å²) in [7, 11) is 1.53. The number of aromatic amines is 1. The zero-order chi connectivity index (χ0) is 25.9. The number of nitrogens with one attached hydrogen (secondary N) is 1. The molecule has 8 nitrogen and oxygen atoms in total. The summed E-state index contributed by atoms with van der Waals surface area (Å²) in [6, 6.07) is 18.4. The van der Waals surface area contributed by atoms with Crippen molar-refractivity contribution in [2.45, 2.75) is 0 Å². The number of methoxy groups -OCH3 is 1. The number of carbonyl (C=O) groups excluding carboxylic acids is 1. The van der Waals surface area contributed by atoms with Crippen molar-refractivity contribution in [1.29, 1.82) is 0 Å². The average Bonchev–Trinajstić information content (AvgIpc) is 2.93. The third kappa shape index (κ3) is 5.02. The van der Waals surface area contributed by atoms with Crippen molar-refractivity contribution < 1.29 is 19.0 Å². The van der Waals surface area contributed by atoms with Gasteiger partial charge in [-0.3, -0.25) is 9.59 Å². The van der Waals surface area contributed by atoms with Gasteiger partial charge in [0.25, 0.3) is 11.5 Å². The van der Waals surface area contributed by atoms with Crippen molar-refractivity contribution in [2.24, 2.45) is 0 Å². The summed E-state index contributed by atoms with van der Waals surface area (Å²) >= 11 is 0. The van der Waals surface area contributed by atoms with Gasteiger partial charge >= 0.3 is 0 Å². The van der Waals surface area contributed by atoms with Gasteiger partial charge in [0.1, 0.15) is 23.0 Å². The lowest BCUT2D eigenvalue weighted by Gasteiger charge is -2.36. The highest BCUT2D eigenvalue weighted by atomic mass is 19.1. The van der Waals surface area contributed by atoms with Crippen LogP contribution in [0.3, 0.4) is 0 Å². The molecule has 5 rings (SSSR count). The molecule has 1 aromatic heterocycles. The van der Waals surface area contributed by atoms with Gasteiger partial charge in [0.2, 0.25) is 0 Å². The van der Waals surface area contributed by atoms with E-state index < -0.39 is 5.56 Å². The smallest absolute Gasteiger partial charge is 0.274 e. The van der Waals surface area contributed by atoms with E-state index in [2.05, 4.69) is 9.97 Å². The first-order valence-corrected chi connectivity index (χ1v) is 11.8. The third-order valence-electron chi connectivity index (χ3n) is 6.36. The Bertz CT molecular complexity index is 1560. The van der Waals surface area contributed by atoms with Gasteiger partial charge in [0.05, 0.1) is 23.8 Å². The summed E-state index contributed by atoms with van der Waals surface area (Å²) in [5, 5.41) is 10.5. The second-order valence-electron chi connectivity index (χ2n) is 8.68. The topological polar surface area (TPSA) is 98.8 Å². The quantitative estimate of drug-likeness (QED) is 0.401. The highest BCUT2D eigenvalue weighted by Crippen LogP contribution is 2.22. The van der Waals surface area contributed by atoms with Crippen molar-refractivity contribution in [2.75, 3.05) is 38.2 Å². The number of aromatic nitrogens is 2. The van der Waals surface area contributed by atoms with Gasteiger partial charge in [-0.25, -0.2) is 9.37 Å². The van der Waals surface area contributed by atoms with E-state index in [0.29, 0.717) is 59.8 Å². The molecular formula is C28H25FN4O4. The zero-order valence-corrected chi connectivity index (χ0v) is 20.1. The normalized spacial score (nSPS) is 14.2. The van der Waals surface area contributed by atoms with Gasteiger partial charge in [0.15, 0.2) is 0 Å². The number of rotatable bonds is 5. The predicted molar refractivity (Wildman–Crippen MR) is 140 cm³/mol. The van der Waals surface area contributed by atoms with Crippen LogP contribution >= 0.6 is 0 Å². The van der Waals surface area contributed by atoms with Crippen LogP contribution in [-0.2, 0) is 0 Å². The summed E-state index contributed by atoms with van der Waals surface area (Å²) in [5.41, 5.74) is 1.88. The molecule has 1 fully saturated rings. The SMILES string of the molecule is COc1cccc(/C(O)=C/c2nc3ccc(C(=O)N4CCN(c5ccccc5F)CC4)cc3[nH]c2=O)c1. The Hall–Kier alpha value is -4.66. The van der Waals surface area contributed by atoms with Crippen molar-refractivity contribution in [3.8, 4) is 5.75 Å². The van der Waals surface area contributed by atoms with E-state index >= 15 is 0 Å². The van der Waals surface area contributed by atoms with Gasteiger partial charge < -0.3 is 24.6 Å². The number of H-pyrrole nitrogens is 1. The van der Waals surface area contributed by atoms with E-state index in [9.17, 15) is 19.1 Å². The molecule has 0 radical (unpaired) electrons. The van der Waals surface area contributed by atoms with Crippen LogP contribution in [0.25, 0.3) is 22.9 Å². The Morgan fingerprint density at radius 2 is 1.81 bits per heavy atom. The molecule has 4 aromatic rings. The molecule has 0 spiro atoms. The maximum Gasteiger partial charge on any atom is 0.274 e. The summed E-state index contributed by atoms with van der Waals surface area (Å²) in [4.78, 5) is 36.6. The number of para-hydroxylation sites is 1. The van der Waals surface area contributed by atoms with Gasteiger partial charge in [-0.15, -0.1) is 0 Å². The number of piperazine rings is 1. The third-order valence-corrected chi connectivity index (χ3v) is 6.36. The molecule has 1 aliphatic heterocycles. The molecule has 2 heterocycles. The minimum atomic E-state index is -0.495. The Kier molecular flexibility index (Phi) is 6.59. The van der Waals surface area contributed by atoms with E-state index in [1.807, 2.05) is 4.90 Å². The predicted octanol–water partition coefficient (Wildman–Crippen LogP) is 4.09. The van der Waals surface area contributed by atoms with Gasteiger partial charge in [0, 0.05) is 43.4 Å². The largest absolute Gasteiger partial charge is 0.507 e. The first kappa shape index (κ1) is 24.1. The molecular weight excluding hydrogens is 475 g/mol. The molecule has 0 saturated carbocycles. The molecule has 0 atom stereocenters. The van der Waals surface area contributed by atoms with Gasteiger partial charge in [-0.2, -0.15) is 0 Å². The lowest BCUT2D eigenvalue weighted by Crippen LogP contribution is -2.49. The first-order valence-electron chi connectivity index (χ1n) is 11.8. The standard InChI is InChI=1S/C28H25FN4O4/c1-37-20-6-4-5-18(15-20)26(34)17-24-27(35)31-23-16-19(9-10-22(23)30-24)28(36)33-13-11-32(12-14-33)25-8-3-2-7-21(25)29/h2-10,15-17,34H,11-14H2,1H3,(H,31,35)/b26-17-. The number of halogens is 1. The highest BCUT2D eigenvalue weighted by molar-refractivity contribution is 5.97. The number of amides is 1. The molecule has 1 amide bonds. The maximum atomic E-state index is 14.1. The van der Waals surface area contributed by atoms with Crippen LogP contribution in [0.4, 0.5) is 10.1 Å². The van der Waals surface area contributed by atoms with Crippen LogP contribution in [-0.4, -0.2) is 59.2 Å². The van der Waals surface area contributed by atoms with Gasteiger partial charge in [-0.05, 0) is 42.5 Å². The minimum absolute atomic E-state index is 0.0381. The summed E-state index contributed by atoms with van der Waals surface area (Å²) in [6.45, 7) is 1.94. The van der Waals surface area contributed by atoms with Crippen molar-refractivity contribution in [3.63, 3.8) is 0 Å². The Balaban J connectivity index is 1.33. The average molecular weight is 501 g/mol. The fourth-order valence-electron chi connectivity index (χ4n) is 4.37. The Morgan fingerprint density at radius 1 is 1.03 bits per heavy atom. The van der Waals surface area contributed by atoms with E-state index in [4.69, 9.17) is 4.74 Å². The Morgan fingerprint density at radius 3 is 2.57 bits per heavy atom.